The van der Waals surface area contributed by atoms with E-state index in [0.717, 1.165) is 6.42 Å². The predicted octanol–water partition coefficient (Wildman–Crippen LogP) is 3.07. The number of nitro benzene ring substituents is 1. The van der Waals surface area contributed by atoms with Gasteiger partial charge in [-0.1, -0.05) is 19.9 Å². The van der Waals surface area contributed by atoms with Crippen molar-refractivity contribution in [2.45, 2.75) is 33.6 Å². The third-order valence-corrected chi connectivity index (χ3v) is 3.64. The Hall–Kier alpha value is -2.15. The number of rotatable bonds is 8. The number of anilines is 1. The van der Waals surface area contributed by atoms with E-state index in [0.29, 0.717) is 30.1 Å². The molecule has 0 bridgehead atoms. The molecule has 1 rings (SSSR count). The lowest BCUT2D eigenvalue weighted by atomic mass is 9.94. The fourth-order valence-corrected chi connectivity index (χ4v) is 2.51. The number of carbonyl (C=O) groups is 1. The van der Waals surface area contributed by atoms with E-state index in [1.807, 2.05) is 0 Å². The minimum Gasteiger partial charge on any atom is -0.396 e. The van der Waals surface area contributed by atoms with Crippen molar-refractivity contribution in [2.24, 2.45) is 11.8 Å². The molecule has 1 aromatic carbocycles. The van der Waals surface area contributed by atoms with Crippen LogP contribution in [0.4, 0.5) is 16.2 Å². The van der Waals surface area contributed by atoms with Gasteiger partial charge in [0.25, 0.3) is 5.69 Å². The maximum absolute atomic E-state index is 12.0. The number of benzene rings is 1. The molecule has 0 aliphatic heterocycles. The minimum absolute atomic E-state index is 0.0271. The van der Waals surface area contributed by atoms with E-state index >= 15 is 0 Å². The summed E-state index contributed by atoms with van der Waals surface area (Å²) in [6, 6.07) is 4.16. The van der Waals surface area contributed by atoms with Crippen LogP contribution in [0, 0.1) is 28.9 Å². The number of hydrogen-bond acceptors (Lipinski definition) is 4. The molecule has 23 heavy (non-hydrogen) atoms. The molecule has 0 saturated heterocycles. The fraction of sp³-hybridized carbons (Fsp3) is 0.562. The molecule has 0 aliphatic rings. The molecule has 128 valence electrons. The highest BCUT2D eigenvalue weighted by Crippen LogP contribution is 2.24. The summed E-state index contributed by atoms with van der Waals surface area (Å²) in [5.74, 6) is 0.687. The molecule has 0 saturated carbocycles. The molecular weight excluding hydrogens is 298 g/mol. The van der Waals surface area contributed by atoms with Gasteiger partial charge in [0.2, 0.25) is 0 Å². The molecule has 0 spiro atoms. The highest BCUT2D eigenvalue weighted by molar-refractivity contribution is 5.90. The second-order valence-electron chi connectivity index (χ2n) is 6.05. The van der Waals surface area contributed by atoms with Crippen LogP contribution in [0.25, 0.3) is 0 Å². The van der Waals surface area contributed by atoms with Gasteiger partial charge in [0.1, 0.15) is 0 Å². The smallest absolute Gasteiger partial charge is 0.319 e. The van der Waals surface area contributed by atoms with E-state index in [4.69, 9.17) is 5.11 Å². The van der Waals surface area contributed by atoms with Crippen molar-refractivity contribution in [2.75, 3.05) is 18.5 Å². The van der Waals surface area contributed by atoms with E-state index < -0.39 is 11.0 Å². The Labute approximate surface area is 136 Å². The van der Waals surface area contributed by atoms with Gasteiger partial charge in [-0.3, -0.25) is 10.1 Å². The average Bonchev–Trinajstić information content (AvgIpc) is 2.46. The lowest BCUT2D eigenvalue weighted by Crippen LogP contribution is -2.34. The van der Waals surface area contributed by atoms with Crippen LogP contribution in [0.2, 0.25) is 0 Å². The zero-order valence-corrected chi connectivity index (χ0v) is 13.8. The Bertz CT molecular complexity index is 546. The molecule has 0 radical (unpaired) electrons. The number of hydrogen-bond donors (Lipinski definition) is 3. The summed E-state index contributed by atoms with van der Waals surface area (Å²) >= 11 is 0. The van der Waals surface area contributed by atoms with Crippen molar-refractivity contribution in [3.8, 4) is 0 Å². The quantitative estimate of drug-likeness (QED) is 0.505. The van der Waals surface area contributed by atoms with E-state index in [1.165, 1.54) is 12.1 Å². The van der Waals surface area contributed by atoms with Crippen LogP contribution >= 0.6 is 0 Å². The maximum atomic E-state index is 12.0. The van der Waals surface area contributed by atoms with Crippen LogP contribution in [-0.4, -0.2) is 29.2 Å². The zero-order valence-electron chi connectivity index (χ0n) is 13.8. The van der Waals surface area contributed by atoms with Crippen LogP contribution in [0.3, 0.4) is 0 Å². The predicted molar refractivity (Wildman–Crippen MR) is 89.5 cm³/mol. The van der Waals surface area contributed by atoms with Crippen molar-refractivity contribution < 1.29 is 14.8 Å². The van der Waals surface area contributed by atoms with Gasteiger partial charge < -0.3 is 15.7 Å². The van der Waals surface area contributed by atoms with Gasteiger partial charge in [-0.15, -0.1) is 0 Å². The molecule has 0 aliphatic carbocycles. The summed E-state index contributed by atoms with van der Waals surface area (Å²) in [5, 5.41) is 25.4. The number of urea groups is 1. The molecule has 1 atom stereocenters. The van der Waals surface area contributed by atoms with E-state index in [1.54, 1.807) is 13.0 Å². The number of nitrogens with one attached hydrogen (secondary N) is 2. The van der Waals surface area contributed by atoms with Crippen molar-refractivity contribution >= 4 is 17.4 Å². The third kappa shape index (κ3) is 6.23. The van der Waals surface area contributed by atoms with E-state index in [9.17, 15) is 14.9 Å². The van der Waals surface area contributed by atoms with Crippen LogP contribution in [0.15, 0.2) is 18.2 Å². The van der Waals surface area contributed by atoms with Crippen LogP contribution in [0.1, 0.15) is 32.3 Å². The molecule has 0 fully saturated rings. The second kappa shape index (κ2) is 9.09. The molecule has 0 heterocycles. The molecule has 1 aromatic rings. The zero-order chi connectivity index (χ0) is 17.4. The lowest BCUT2D eigenvalue weighted by molar-refractivity contribution is -0.385. The summed E-state index contributed by atoms with van der Waals surface area (Å²) in [7, 11) is 0. The van der Waals surface area contributed by atoms with Gasteiger partial charge in [0.05, 0.1) is 16.2 Å². The van der Waals surface area contributed by atoms with Crippen molar-refractivity contribution in [3.05, 3.63) is 33.9 Å². The first kappa shape index (κ1) is 18.9. The van der Waals surface area contributed by atoms with E-state index in [2.05, 4.69) is 24.5 Å². The third-order valence-electron chi connectivity index (χ3n) is 3.64. The summed E-state index contributed by atoms with van der Waals surface area (Å²) in [5.41, 5.74) is 0.807. The summed E-state index contributed by atoms with van der Waals surface area (Å²) in [6.07, 6.45) is 1.55. The topological polar surface area (TPSA) is 104 Å². The van der Waals surface area contributed by atoms with Gasteiger partial charge in [-0.2, -0.15) is 0 Å². The first-order chi connectivity index (χ1) is 10.8. The summed E-state index contributed by atoms with van der Waals surface area (Å²) < 4.78 is 0. The van der Waals surface area contributed by atoms with Gasteiger partial charge in [0.15, 0.2) is 0 Å². The fourth-order valence-electron chi connectivity index (χ4n) is 2.51. The first-order valence-electron chi connectivity index (χ1n) is 7.74. The number of amides is 2. The SMILES string of the molecule is Cc1c(NC(=O)NCC(CCO)CC(C)C)cccc1[N+](=O)[O-]. The summed E-state index contributed by atoms with van der Waals surface area (Å²) in [4.78, 5) is 22.4. The second-order valence-corrected chi connectivity index (χ2v) is 6.05. The van der Waals surface area contributed by atoms with Crippen molar-refractivity contribution in [1.82, 2.24) is 5.32 Å². The van der Waals surface area contributed by atoms with Gasteiger partial charge in [-0.25, -0.2) is 4.79 Å². The number of aliphatic hydroxyl groups excluding tert-OH is 1. The number of nitro groups is 1. The molecule has 0 aromatic heterocycles. The van der Waals surface area contributed by atoms with Crippen LogP contribution < -0.4 is 10.6 Å². The van der Waals surface area contributed by atoms with Crippen LogP contribution in [0.5, 0.6) is 0 Å². The van der Waals surface area contributed by atoms with Gasteiger partial charge in [0, 0.05) is 19.2 Å². The standard InChI is InChI=1S/C16H25N3O4/c1-11(2)9-13(7-8-20)10-17-16(21)18-14-5-4-6-15(12(14)3)19(22)23/h4-6,11,13,20H,7-10H2,1-3H3,(H2,17,18,21). The number of aliphatic hydroxyl groups is 1. The van der Waals surface area contributed by atoms with Gasteiger partial charge in [-0.05, 0) is 37.7 Å². The first-order valence-corrected chi connectivity index (χ1v) is 7.74. The molecule has 2 amide bonds. The minimum atomic E-state index is -0.474. The van der Waals surface area contributed by atoms with Crippen LogP contribution in [-0.2, 0) is 0 Å². The molecular formula is C16H25N3O4. The maximum Gasteiger partial charge on any atom is 0.319 e. The Morgan fingerprint density at radius 3 is 2.65 bits per heavy atom. The van der Waals surface area contributed by atoms with Crippen molar-refractivity contribution in [3.63, 3.8) is 0 Å². The number of nitrogens with zero attached hydrogens (tertiary/aromatic N) is 1. The monoisotopic (exact) mass is 323 g/mol. The number of carbonyl (C=O) groups excluding carboxylic acids is 1. The van der Waals surface area contributed by atoms with Gasteiger partial charge >= 0.3 is 6.03 Å². The lowest BCUT2D eigenvalue weighted by Gasteiger charge is -2.19. The van der Waals surface area contributed by atoms with Crippen molar-refractivity contribution in [1.29, 1.82) is 0 Å². The largest absolute Gasteiger partial charge is 0.396 e. The molecule has 3 N–H and O–H groups in total. The molecule has 7 heteroatoms. The molecule has 7 nitrogen and oxygen atoms in total. The van der Waals surface area contributed by atoms with E-state index in [-0.39, 0.29) is 18.2 Å². The normalized spacial score (nSPS) is 12.0. The average molecular weight is 323 g/mol. The Kier molecular flexibility index (Phi) is 7.47. The summed E-state index contributed by atoms with van der Waals surface area (Å²) in [6.45, 7) is 6.33. The molecule has 1 unspecified atom stereocenters. The Morgan fingerprint density at radius 2 is 2.09 bits per heavy atom. The Balaban J connectivity index is 2.63. The highest BCUT2D eigenvalue weighted by atomic mass is 16.6. The Morgan fingerprint density at radius 1 is 1.39 bits per heavy atom. The highest BCUT2D eigenvalue weighted by Gasteiger charge is 2.16.